The van der Waals surface area contributed by atoms with Crippen molar-refractivity contribution in [2.24, 2.45) is 0 Å². The Balaban J connectivity index is 1.28. The van der Waals surface area contributed by atoms with Crippen molar-refractivity contribution in [1.82, 2.24) is 14.9 Å². The number of anilines is 1. The molecule has 0 saturated heterocycles. The number of carbonyl (C=O) groups is 1. The molecule has 1 aliphatic heterocycles. The maximum absolute atomic E-state index is 13.0. The third kappa shape index (κ3) is 4.32. The van der Waals surface area contributed by atoms with Gasteiger partial charge in [-0.3, -0.25) is 4.79 Å². The van der Waals surface area contributed by atoms with Gasteiger partial charge in [-0.2, -0.15) is 0 Å². The Bertz CT molecular complexity index is 1170. The quantitative estimate of drug-likeness (QED) is 0.432. The SMILES string of the molecule is COc1cc2c(cc1OC)CN(C(=O)CSc1nc(NC3CC3)c3ccccc3n1)CC2. The van der Waals surface area contributed by atoms with E-state index in [9.17, 15) is 4.79 Å². The number of carbonyl (C=O) groups excluding carboxylic acids is 1. The van der Waals surface area contributed by atoms with E-state index in [1.807, 2.05) is 41.3 Å². The van der Waals surface area contributed by atoms with Crippen LogP contribution >= 0.6 is 11.8 Å². The summed E-state index contributed by atoms with van der Waals surface area (Å²) in [5.41, 5.74) is 3.20. The molecule has 3 aromatic rings. The molecular formula is C24H26N4O3S. The standard InChI is InChI=1S/C24H26N4O3S/c1-30-20-11-15-9-10-28(13-16(15)12-21(20)31-2)22(29)14-32-24-26-19-6-4-3-5-18(19)23(27-24)25-17-7-8-17/h3-6,11-12,17H,7-10,13-14H2,1-2H3,(H,25,26,27). The summed E-state index contributed by atoms with van der Waals surface area (Å²) < 4.78 is 10.8. The van der Waals surface area contributed by atoms with Crippen molar-refractivity contribution in [1.29, 1.82) is 0 Å². The number of ether oxygens (including phenoxy) is 2. The lowest BCUT2D eigenvalue weighted by Gasteiger charge is -2.29. The van der Waals surface area contributed by atoms with Crippen LogP contribution < -0.4 is 14.8 Å². The molecule has 0 radical (unpaired) electrons. The average molecular weight is 451 g/mol. The molecule has 0 atom stereocenters. The second-order valence-electron chi connectivity index (χ2n) is 8.12. The minimum atomic E-state index is 0.0869. The maximum Gasteiger partial charge on any atom is 0.233 e. The summed E-state index contributed by atoms with van der Waals surface area (Å²) >= 11 is 1.40. The van der Waals surface area contributed by atoms with Crippen molar-refractivity contribution >= 4 is 34.4 Å². The summed E-state index contributed by atoms with van der Waals surface area (Å²) in [5.74, 6) is 2.68. The van der Waals surface area contributed by atoms with Gasteiger partial charge >= 0.3 is 0 Å². The van der Waals surface area contributed by atoms with Gasteiger partial charge in [0.1, 0.15) is 5.82 Å². The van der Waals surface area contributed by atoms with Crippen LogP contribution in [0.25, 0.3) is 10.9 Å². The highest BCUT2D eigenvalue weighted by molar-refractivity contribution is 7.99. The number of para-hydroxylation sites is 1. The first-order chi connectivity index (χ1) is 15.6. The lowest BCUT2D eigenvalue weighted by molar-refractivity contribution is -0.129. The van der Waals surface area contributed by atoms with Crippen molar-refractivity contribution in [2.45, 2.75) is 37.0 Å². The molecule has 2 heterocycles. The fourth-order valence-electron chi connectivity index (χ4n) is 3.96. The highest BCUT2D eigenvalue weighted by Gasteiger charge is 2.25. The van der Waals surface area contributed by atoms with E-state index in [-0.39, 0.29) is 5.91 Å². The van der Waals surface area contributed by atoms with Gasteiger partial charge in [0.15, 0.2) is 16.7 Å². The monoisotopic (exact) mass is 450 g/mol. The number of amides is 1. The Morgan fingerprint density at radius 2 is 1.88 bits per heavy atom. The summed E-state index contributed by atoms with van der Waals surface area (Å²) in [6.45, 7) is 1.26. The summed E-state index contributed by atoms with van der Waals surface area (Å²) in [6.07, 6.45) is 3.15. The molecule has 1 amide bonds. The van der Waals surface area contributed by atoms with Crippen molar-refractivity contribution in [3.8, 4) is 11.5 Å². The molecule has 1 aliphatic carbocycles. The van der Waals surface area contributed by atoms with Crippen LogP contribution in [-0.4, -0.2) is 53.3 Å². The van der Waals surface area contributed by atoms with Crippen molar-refractivity contribution in [2.75, 3.05) is 31.8 Å². The first-order valence-electron chi connectivity index (χ1n) is 10.8. The first kappa shape index (κ1) is 20.9. The molecule has 166 valence electrons. The summed E-state index contributed by atoms with van der Waals surface area (Å²) in [5, 5.41) is 5.15. The highest BCUT2D eigenvalue weighted by Crippen LogP contribution is 2.34. The third-order valence-corrected chi connectivity index (χ3v) is 6.73. The second kappa shape index (κ2) is 8.86. The fourth-order valence-corrected chi connectivity index (χ4v) is 4.72. The molecule has 1 saturated carbocycles. The lowest BCUT2D eigenvalue weighted by atomic mass is 9.99. The first-order valence-corrected chi connectivity index (χ1v) is 11.8. The largest absolute Gasteiger partial charge is 0.493 e. The van der Waals surface area contributed by atoms with Gasteiger partial charge in [0.2, 0.25) is 5.91 Å². The van der Waals surface area contributed by atoms with Crippen LogP contribution in [0.15, 0.2) is 41.6 Å². The van der Waals surface area contributed by atoms with Gasteiger partial charge in [0.25, 0.3) is 0 Å². The van der Waals surface area contributed by atoms with Crippen LogP contribution in [-0.2, 0) is 17.8 Å². The van der Waals surface area contributed by atoms with Gasteiger partial charge in [-0.1, -0.05) is 23.9 Å². The number of rotatable bonds is 7. The van der Waals surface area contributed by atoms with E-state index < -0.39 is 0 Å². The van der Waals surface area contributed by atoms with Gasteiger partial charge in [-0.15, -0.1) is 0 Å². The highest BCUT2D eigenvalue weighted by atomic mass is 32.2. The van der Waals surface area contributed by atoms with E-state index >= 15 is 0 Å². The molecule has 1 aromatic heterocycles. The van der Waals surface area contributed by atoms with E-state index in [2.05, 4.69) is 10.3 Å². The van der Waals surface area contributed by atoms with Gasteiger partial charge in [-0.05, 0) is 54.7 Å². The van der Waals surface area contributed by atoms with Crippen LogP contribution in [0.1, 0.15) is 24.0 Å². The van der Waals surface area contributed by atoms with E-state index in [1.165, 1.54) is 30.2 Å². The molecule has 0 unspecified atom stereocenters. The number of benzene rings is 2. The van der Waals surface area contributed by atoms with E-state index in [0.717, 1.165) is 34.5 Å². The van der Waals surface area contributed by atoms with Crippen LogP contribution in [0.5, 0.6) is 11.5 Å². The smallest absolute Gasteiger partial charge is 0.233 e. The summed E-state index contributed by atoms with van der Waals surface area (Å²) in [6, 6.07) is 12.5. The lowest BCUT2D eigenvalue weighted by Crippen LogP contribution is -2.37. The summed E-state index contributed by atoms with van der Waals surface area (Å²) in [7, 11) is 3.27. The molecular weight excluding hydrogens is 424 g/mol. The second-order valence-corrected chi connectivity index (χ2v) is 9.06. The molecule has 1 fully saturated rings. The normalized spacial score (nSPS) is 15.4. The Hall–Kier alpha value is -3.00. The zero-order valence-electron chi connectivity index (χ0n) is 18.3. The number of thioether (sulfide) groups is 1. The van der Waals surface area contributed by atoms with Crippen molar-refractivity contribution in [3.63, 3.8) is 0 Å². The predicted molar refractivity (Wildman–Crippen MR) is 126 cm³/mol. The van der Waals surface area contributed by atoms with Gasteiger partial charge in [-0.25, -0.2) is 9.97 Å². The van der Waals surface area contributed by atoms with E-state index in [4.69, 9.17) is 14.5 Å². The zero-order valence-corrected chi connectivity index (χ0v) is 19.1. The number of hydrogen-bond acceptors (Lipinski definition) is 7. The number of fused-ring (bicyclic) bond motifs is 2. The predicted octanol–water partition coefficient (Wildman–Crippen LogP) is 3.90. The minimum Gasteiger partial charge on any atom is -0.493 e. The Kier molecular flexibility index (Phi) is 5.78. The summed E-state index contributed by atoms with van der Waals surface area (Å²) in [4.78, 5) is 24.3. The van der Waals surface area contributed by atoms with E-state index in [1.54, 1.807) is 14.2 Å². The van der Waals surface area contributed by atoms with Crippen LogP contribution in [0.3, 0.4) is 0 Å². The van der Waals surface area contributed by atoms with Crippen LogP contribution in [0, 0.1) is 0 Å². The van der Waals surface area contributed by atoms with Crippen molar-refractivity contribution < 1.29 is 14.3 Å². The molecule has 8 heteroatoms. The average Bonchev–Trinajstić information content (AvgIpc) is 3.65. The Labute approximate surface area is 191 Å². The number of nitrogens with zero attached hydrogens (tertiary/aromatic N) is 3. The van der Waals surface area contributed by atoms with Gasteiger partial charge < -0.3 is 19.7 Å². The molecule has 0 bridgehead atoms. The topological polar surface area (TPSA) is 76.6 Å². The fraction of sp³-hybridized carbons (Fsp3) is 0.375. The van der Waals surface area contributed by atoms with Crippen LogP contribution in [0.4, 0.5) is 5.82 Å². The number of nitrogens with one attached hydrogen (secondary N) is 1. The molecule has 2 aliphatic rings. The molecule has 2 aromatic carbocycles. The van der Waals surface area contributed by atoms with Gasteiger partial charge in [0.05, 0.1) is 25.5 Å². The van der Waals surface area contributed by atoms with E-state index in [0.29, 0.717) is 35.8 Å². The minimum absolute atomic E-state index is 0.0869. The Morgan fingerprint density at radius 1 is 1.12 bits per heavy atom. The number of hydrogen-bond donors (Lipinski definition) is 1. The molecule has 7 nitrogen and oxygen atoms in total. The van der Waals surface area contributed by atoms with Gasteiger partial charge in [0, 0.05) is 24.5 Å². The van der Waals surface area contributed by atoms with Crippen LogP contribution in [0.2, 0.25) is 0 Å². The number of methoxy groups -OCH3 is 2. The molecule has 5 rings (SSSR count). The number of aromatic nitrogens is 2. The third-order valence-electron chi connectivity index (χ3n) is 5.90. The molecule has 1 N–H and O–H groups in total. The van der Waals surface area contributed by atoms with Crippen molar-refractivity contribution in [3.05, 3.63) is 47.5 Å². The Morgan fingerprint density at radius 3 is 2.62 bits per heavy atom. The molecule has 0 spiro atoms. The zero-order chi connectivity index (χ0) is 22.1. The molecule has 32 heavy (non-hydrogen) atoms. The maximum atomic E-state index is 13.0.